The molecule has 132 valence electrons. The molecule has 0 aromatic heterocycles. The van der Waals surface area contributed by atoms with Crippen molar-refractivity contribution in [1.29, 1.82) is 2.67 Å². The van der Waals surface area contributed by atoms with Gasteiger partial charge in [0, 0.05) is 12.3 Å². The van der Waals surface area contributed by atoms with Gasteiger partial charge in [-0.2, -0.15) is 0 Å². The SMILES string of the molecule is [2H]B([3H])CSOC[C@@H]1C[C@H](C(C)=O)N(CC)[C@H]1C(=O)CC(CC)CC. The third-order valence-electron chi connectivity index (χ3n) is 4.97. The molecule has 6 heteroatoms. The van der Waals surface area contributed by atoms with E-state index in [0.717, 1.165) is 24.9 Å². The first-order chi connectivity index (χ1) is 11.8. The van der Waals surface area contributed by atoms with Gasteiger partial charge in [-0.3, -0.25) is 14.5 Å². The Kier molecular flexibility index (Phi) is 8.00. The summed E-state index contributed by atoms with van der Waals surface area (Å²) in [6, 6.07) is -0.470. The van der Waals surface area contributed by atoms with Crippen molar-refractivity contribution in [2.45, 2.75) is 65.5 Å². The Hall–Kier alpha value is -0.325. The third kappa shape index (κ3) is 5.61. The summed E-state index contributed by atoms with van der Waals surface area (Å²) in [4.78, 5) is 27.1. The van der Waals surface area contributed by atoms with Crippen LogP contribution < -0.4 is 0 Å². The zero-order valence-corrected chi connectivity index (χ0v) is 15.7. The molecule has 0 amide bonds. The number of carbonyl (C=O) groups excluding carboxylic acids is 2. The molecule has 0 unspecified atom stereocenters. The van der Waals surface area contributed by atoms with E-state index in [1.807, 2.05) is 11.8 Å². The molecule has 1 rings (SSSR count). The van der Waals surface area contributed by atoms with E-state index in [9.17, 15) is 9.59 Å². The lowest BCUT2D eigenvalue weighted by atomic mass is 9.89. The van der Waals surface area contributed by atoms with Crippen molar-refractivity contribution in [3.63, 3.8) is 0 Å². The minimum Gasteiger partial charge on any atom is -0.316 e. The minimum atomic E-state index is -0.919. The molecule has 23 heavy (non-hydrogen) atoms. The number of likely N-dealkylation sites (N-methyl/N-ethyl adjacent to an activating group) is 1. The zero-order valence-electron chi connectivity index (χ0n) is 16.9. The summed E-state index contributed by atoms with van der Waals surface area (Å²) < 4.78 is 20.0. The van der Waals surface area contributed by atoms with E-state index >= 15 is 0 Å². The van der Waals surface area contributed by atoms with Gasteiger partial charge in [0.2, 0.25) is 0 Å². The van der Waals surface area contributed by atoms with E-state index in [1.165, 1.54) is 0 Å². The molecule has 3 atom stereocenters. The zero-order chi connectivity index (χ0) is 19.0. The van der Waals surface area contributed by atoms with E-state index in [2.05, 4.69) is 13.8 Å². The van der Waals surface area contributed by atoms with Crippen LogP contribution in [-0.4, -0.2) is 57.8 Å². The van der Waals surface area contributed by atoms with E-state index in [-0.39, 0.29) is 35.2 Å². The number of likely N-dealkylation sites (tertiary alicyclic amines) is 1. The van der Waals surface area contributed by atoms with Gasteiger partial charge in [-0.05, 0) is 46.2 Å². The van der Waals surface area contributed by atoms with E-state index in [4.69, 9.17) is 6.85 Å². The first kappa shape index (κ1) is 17.5. The van der Waals surface area contributed by atoms with Crippen LogP contribution in [0.25, 0.3) is 0 Å². The molecule has 0 bridgehead atoms. The molecule has 0 aromatic carbocycles. The molecule has 0 spiro atoms. The van der Waals surface area contributed by atoms with Crippen molar-refractivity contribution in [3.8, 4) is 0 Å². The summed E-state index contributed by atoms with van der Waals surface area (Å²) in [6.45, 7) is 8.88. The Balaban J connectivity index is 2.82. The topological polar surface area (TPSA) is 46.6 Å². The first-order valence-electron chi connectivity index (χ1n) is 9.88. The second-order valence-corrected chi connectivity index (χ2v) is 7.12. The Labute approximate surface area is 149 Å². The molecule has 1 aliphatic rings. The fourth-order valence-electron chi connectivity index (χ4n) is 3.61. The van der Waals surface area contributed by atoms with Gasteiger partial charge >= 0.3 is 0 Å². The fraction of sp³-hybridized carbons (Fsp3) is 0.882. The van der Waals surface area contributed by atoms with Gasteiger partial charge in [-0.25, -0.2) is 0 Å². The highest BCUT2D eigenvalue weighted by atomic mass is 32.2. The van der Waals surface area contributed by atoms with Gasteiger partial charge in [-0.1, -0.05) is 33.6 Å². The van der Waals surface area contributed by atoms with E-state index < -0.39 is 7.77 Å². The van der Waals surface area contributed by atoms with Gasteiger partial charge < -0.3 is 4.18 Å². The summed E-state index contributed by atoms with van der Waals surface area (Å²) in [5, 5.41) is 0. The van der Waals surface area contributed by atoms with Crippen molar-refractivity contribution in [1.82, 2.24) is 4.90 Å². The van der Waals surface area contributed by atoms with E-state index in [0.29, 0.717) is 31.9 Å². The number of nitrogens with zero attached hydrogens (tertiary/aromatic N) is 1. The highest BCUT2D eigenvalue weighted by Gasteiger charge is 2.45. The lowest BCUT2D eigenvalue weighted by Crippen LogP contribution is -2.45. The Morgan fingerprint density at radius 1 is 1.48 bits per heavy atom. The molecule has 4 nitrogen and oxygen atoms in total. The predicted molar refractivity (Wildman–Crippen MR) is 99.4 cm³/mol. The summed E-state index contributed by atoms with van der Waals surface area (Å²) in [5.74, 6) is 0.718. The van der Waals surface area contributed by atoms with Crippen LogP contribution >= 0.6 is 12.0 Å². The van der Waals surface area contributed by atoms with Crippen LogP contribution in [0.3, 0.4) is 0 Å². The average molecular weight is 344 g/mol. The van der Waals surface area contributed by atoms with Crippen LogP contribution in [0, 0.1) is 11.8 Å². The first-order valence-corrected chi connectivity index (χ1v) is 9.64. The maximum absolute atomic E-state index is 13.0. The predicted octanol–water partition coefficient (Wildman–Crippen LogP) is 2.31. The Bertz CT molecular complexity index is 438. The van der Waals surface area contributed by atoms with Crippen molar-refractivity contribution >= 4 is 31.4 Å². The monoisotopic (exact) mass is 344 g/mol. The molecule has 1 saturated heterocycles. The van der Waals surface area contributed by atoms with Gasteiger partial charge in [0.15, 0.2) is 5.78 Å². The van der Waals surface area contributed by atoms with Crippen LogP contribution in [0.2, 0.25) is 0 Å². The summed E-state index contributed by atoms with van der Waals surface area (Å²) >= 11 is 1.11. The molecule has 0 aliphatic carbocycles. The number of Topliss-reactive ketones (excluding diaryl/α,β-unsaturated/α-hetero) is 2. The van der Waals surface area contributed by atoms with Crippen LogP contribution in [0.1, 0.15) is 53.4 Å². The van der Waals surface area contributed by atoms with Gasteiger partial charge in [0.05, 0.1) is 18.7 Å². The molecule has 1 aliphatic heterocycles. The standard InChI is InChI=1S/C17H32BNO3S/c1-5-13(6-2)8-16(21)17-14(10-22-23-11-18)9-15(12(4)20)19(17)7-3/h13-15,17H,5-11,18H2,1-4H3/t14-,15+,17+/m0/s1/i18TD. The average Bonchev–Trinajstić information content (AvgIpc) is 2.95. The third-order valence-corrected chi connectivity index (χ3v) is 5.41. The molecule has 1 heterocycles. The molecular formula is C17H32BNO3S. The Morgan fingerprint density at radius 2 is 2.17 bits per heavy atom. The summed E-state index contributed by atoms with van der Waals surface area (Å²) in [5.41, 5.74) is 0.284. The van der Waals surface area contributed by atoms with Gasteiger partial charge in [0.25, 0.3) is 0 Å². The lowest BCUT2D eigenvalue weighted by Gasteiger charge is -2.29. The lowest BCUT2D eigenvalue weighted by molar-refractivity contribution is -0.127. The summed E-state index contributed by atoms with van der Waals surface area (Å²) in [6.07, 6.45) is 3.18. The number of ketones is 2. The highest BCUT2D eigenvalue weighted by molar-refractivity contribution is 7.95. The number of hydrogen-bond acceptors (Lipinski definition) is 5. The normalized spacial score (nSPS) is 26.2. The van der Waals surface area contributed by atoms with Gasteiger partial charge in [0.1, 0.15) is 13.6 Å². The van der Waals surface area contributed by atoms with Crippen molar-refractivity contribution < 1.29 is 13.8 Å². The van der Waals surface area contributed by atoms with Crippen LogP contribution in [0.15, 0.2) is 0 Å². The molecular weight excluding hydrogens is 309 g/mol. The molecule has 0 N–H and O–H groups in total. The van der Waals surface area contributed by atoms with E-state index in [1.54, 1.807) is 6.92 Å². The molecule has 1 fully saturated rings. The second kappa shape index (κ2) is 10.5. The molecule has 0 aromatic rings. The van der Waals surface area contributed by atoms with Crippen LogP contribution in [0.4, 0.5) is 0 Å². The van der Waals surface area contributed by atoms with Crippen LogP contribution in [0.5, 0.6) is 0 Å². The van der Waals surface area contributed by atoms with Crippen molar-refractivity contribution in [2.24, 2.45) is 11.8 Å². The smallest absolute Gasteiger partial charge is 0.150 e. The molecule has 0 radical (unpaired) electrons. The number of hydrogen-bond donors (Lipinski definition) is 0. The number of carbonyl (C=O) groups is 2. The quantitative estimate of drug-likeness (QED) is 0.309. The minimum absolute atomic E-state index is 0.00173. The fourth-order valence-corrected chi connectivity index (χ4v) is 3.97. The number of rotatable bonds is 12. The van der Waals surface area contributed by atoms with Crippen molar-refractivity contribution in [2.75, 3.05) is 18.8 Å². The van der Waals surface area contributed by atoms with Crippen LogP contribution in [-0.2, 0) is 13.8 Å². The van der Waals surface area contributed by atoms with Crippen molar-refractivity contribution in [3.05, 3.63) is 0 Å². The largest absolute Gasteiger partial charge is 0.316 e. The Morgan fingerprint density at radius 3 is 2.70 bits per heavy atom. The summed E-state index contributed by atoms with van der Waals surface area (Å²) in [7, 11) is -0.919. The second-order valence-electron chi connectivity index (χ2n) is 6.32. The molecule has 0 saturated carbocycles. The maximum Gasteiger partial charge on any atom is 0.150 e. The highest BCUT2D eigenvalue weighted by Crippen LogP contribution is 2.33. The van der Waals surface area contributed by atoms with Gasteiger partial charge in [-0.15, -0.1) is 0 Å². The maximum atomic E-state index is 13.0.